The van der Waals surface area contributed by atoms with Gasteiger partial charge in [-0.25, -0.2) is 0 Å². The molecule has 0 saturated heterocycles. The summed E-state index contributed by atoms with van der Waals surface area (Å²) in [5.74, 6) is -6.76. The summed E-state index contributed by atoms with van der Waals surface area (Å²) in [6.07, 6.45) is -2.23. The van der Waals surface area contributed by atoms with Gasteiger partial charge in [0, 0.05) is 36.4 Å². The van der Waals surface area contributed by atoms with Crippen LogP contribution in [0.1, 0.15) is 84.8 Å². The highest BCUT2D eigenvalue weighted by molar-refractivity contribution is 5.94. The fourth-order valence-electron chi connectivity index (χ4n) is 9.42. The molecule has 0 radical (unpaired) electrons. The van der Waals surface area contributed by atoms with E-state index in [0.29, 0.717) is 49.9 Å². The molecule has 4 nitrogen and oxygen atoms in total. The van der Waals surface area contributed by atoms with Crippen LogP contribution >= 0.6 is 0 Å². The SMILES string of the molecule is C[C@]12C[C@H](c3ccc(C(=O)N4CCc5ccccc5C4)cc3)C3=C4CCC(=O)C=C4CC[C@H]3[C@@H]1CC[C@@]2(O)C(F)(F)C(F)(F)F. The van der Waals surface area contributed by atoms with Gasteiger partial charge >= 0.3 is 12.1 Å². The zero-order valence-electron chi connectivity index (χ0n) is 25.1. The van der Waals surface area contributed by atoms with E-state index in [9.17, 15) is 27.9 Å². The summed E-state index contributed by atoms with van der Waals surface area (Å²) < 4.78 is 72.0. The predicted molar refractivity (Wildman–Crippen MR) is 158 cm³/mol. The Hall–Kier alpha value is -3.33. The van der Waals surface area contributed by atoms with Crippen molar-refractivity contribution in [1.82, 2.24) is 4.90 Å². The standard InChI is InChI=1S/C36H36F5NO3/c1-33-19-29(22-6-8-23(9-7-22)32(44)42-17-15-21-4-2-3-5-25(21)20-42)31-27-13-11-26(43)18-24(27)10-12-28(31)30(33)14-16-34(33,45)35(37,38)36(39,40)41/h2-9,18,28-30,45H,10-17,19-20H2,1H3/t28-,29+,30-,33-,34-/m0/s1. The minimum absolute atomic E-state index is 0.0354. The fraction of sp³-hybridized carbons (Fsp3) is 0.500. The van der Waals surface area contributed by atoms with Gasteiger partial charge < -0.3 is 10.0 Å². The lowest BCUT2D eigenvalue weighted by molar-refractivity contribution is -0.362. The molecule has 5 atom stereocenters. The van der Waals surface area contributed by atoms with Gasteiger partial charge in [0.1, 0.15) is 5.60 Å². The smallest absolute Gasteiger partial charge is 0.383 e. The van der Waals surface area contributed by atoms with E-state index in [1.807, 2.05) is 18.2 Å². The van der Waals surface area contributed by atoms with Gasteiger partial charge in [-0.1, -0.05) is 48.9 Å². The highest BCUT2D eigenvalue weighted by Gasteiger charge is 2.79. The van der Waals surface area contributed by atoms with E-state index in [4.69, 9.17) is 0 Å². The molecular formula is C36H36F5NO3. The van der Waals surface area contributed by atoms with Gasteiger partial charge in [0.25, 0.3) is 5.91 Å². The quantitative estimate of drug-likeness (QED) is 0.356. The van der Waals surface area contributed by atoms with Crippen molar-refractivity contribution in [2.75, 3.05) is 6.54 Å². The van der Waals surface area contributed by atoms with Crippen LogP contribution in [0.3, 0.4) is 0 Å². The number of hydrogen-bond donors (Lipinski definition) is 1. The lowest BCUT2D eigenvalue weighted by Crippen LogP contribution is -2.65. The maximum absolute atomic E-state index is 15.2. The largest absolute Gasteiger partial charge is 0.456 e. The molecule has 7 rings (SSSR count). The van der Waals surface area contributed by atoms with Crippen LogP contribution in [0.15, 0.2) is 71.3 Å². The normalized spacial score (nSPS) is 31.5. The second-order valence-electron chi connectivity index (χ2n) is 13.8. The summed E-state index contributed by atoms with van der Waals surface area (Å²) in [4.78, 5) is 27.6. The van der Waals surface area contributed by atoms with E-state index in [2.05, 4.69) is 6.07 Å². The van der Waals surface area contributed by atoms with Crippen molar-refractivity contribution in [2.24, 2.45) is 17.3 Å². The van der Waals surface area contributed by atoms with E-state index < -0.39 is 41.4 Å². The zero-order chi connectivity index (χ0) is 31.9. The Bertz CT molecular complexity index is 1630. The van der Waals surface area contributed by atoms with Gasteiger partial charge in [0.2, 0.25) is 0 Å². The Morgan fingerprint density at radius 2 is 1.64 bits per heavy atom. The number of ketones is 1. The average molecular weight is 626 g/mol. The first-order valence-corrected chi connectivity index (χ1v) is 15.8. The molecule has 1 heterocycles. The van der Waals surface area contributed by atoms with Gasteiger partial charge in [-0.15, -0.1) is 0 Å². The molecule has 2 fully saturated rings. The molecule has 0 bridgehead atoms. The molecule has 238 valence electrons. The molecule has 1 aliphatic heterocycles. The molecule has 0 aromatic heterocycles. The predicted octanol–water partition coefficient (Wildman–Crippen LogP) is 7.71. The van der Waals surface area contributed by atoms with Crippen molar-refractivity contribution in [1.29, 1.82) is 0 Å². The highest BCUT2D eigenvalue weighted by atomic mass is 19.4. The van der Waals surface area contributed by atoms with Gasteiger partial charge in [-0.05, 0) is 103 Å². The van der Waals surface area contributed by atoms with Crippen molar-refractivity contribution in [3.8, 4) is 0 Å². The summed E-state index contributed by atoms with van der Waals surface area (Å²) in [5, 5.41) is 11.5. The van der Waals surface area contributed by atoms with Crippen molar-refractivity contribution in [2.45, 2.75) is 88.5 Å². The molecule has 0 unspecified atom stereocenters. The molecule has 4 aliphatic carbocycles. The van der Waals surface area contributed by atoms with Gasteiger partial charge in [-0.3, -0.25) is 9.59 Å². The number of amides is 1. The number of alkyl halides is 5. The number of fused-ring (bicyclic) bond motifs is 5. The summed E-state index contributed by atoms with van der Waals surface area (Å²) >= 11 is 0. The molecule has 2 aromatic rings. The van der Waals surface area contributed by atoms with Crippen molar-refractivity contribution in [3.63, 3.8) is 0 Å². The molecule has 9 heteroatoms. The average Bonchev–Trinajstić information content (AvgIpc) is 3.30. The van der Waals surface area contributed by atoms with E-state index in [1.165, 1.54) is 12.5 Å². The molecule has 1 N–H and O–H groups in total. The van der Waals surface area contributed by atoms with Crippen molar-refractivity contribution < 1.29 is 36.6 Å². The molecule has 45 heavy (non-hydrogen) atoms. The number of allylic oxidation sites excluding steroid dienone is 4. The van der Waals surface area contributed by atoms with Crippen molar-refractivity contribution >= 4 is 11.7 Å². The van der Waals surface area contributed by atoms with E-state index >= 15 is 8.78 Å². The van der Waals surface area contributed by atoms with Crippen LogP contribution < -0.4 is 0 Å². The third-order valence-corrected chi connectivity index (χ3v) is 11.7. The minimum Gasteiger partial charge on any atom is -0.383 e. The van der Waals surface area contributed by atoms with Crippen LogP contribution in [0.2, 0.25) is 0 Å². The Balaban J connectivity index is 1.27. The number of aliphatic hydroxyl groups is 1. The van der Waals surface area contributed by atoms with E-state index in [1.54, 1.807) is 35.2 Å². The second kappa shape index (κ2) is 10.3. The van der Waals surface area contributed by atoms with E-state index in [-0.39, 0.29) is 30.4 Å². The number of carbonyl (C=O) groups excluding carboxylic acids is 2. The fourth-order valence-corrected chi connectivity index (χ4v) is 9.42. The van der Waals surface area contributed by atoms with Crippen LogP contribution in [0.25, 0.3) is 0 Å². The Labute approximate surface area is 259 Å². The lowest BCUT2D eigenvalue weighted by Gasteiger charge is -2.56. The summed E-state index contributed by atoms with van der Waals surface area (Å²) in [6.45, 7) is 2.50. The van der Waals surface area contributed by atoms with Crippen molar-refractivity contribution in [3.05, 3.63) is 93.6 Å². The number of benzene rings is 2. The summed E-state index contributed by atoms with van der Waals surface area (Å²) in [7, 11) is 0. The number of hydrogen-bond acceptors (Lipinski definition) is 3. The first-order valence-electron chi connectivity index (χ1n) is 15.8. The molecule has 2 saturated carbocycles. The number of nitrogens with zero attached hydrogens (tertiary/aromatic N) is 1. The molecule has 1 amide bonds. The third-order valence-electron chi connectivity index (χ3n) is 11.7. The van der Waals surface area contributed by atoms with E-state index in [0.717, 1.165) is 28.7 Å². The highest BCUT2D eigenvalue weighted by Crippen LogP contribution is 2.70. The number of halogens is 5. The third kappa shape index (κ3) is 4.47. The summed E-state index contributed by atoms with van der Waals surface area (Å²) in [6, 6.07) is 15.0. The molecule has 5 aliphatic rings. The first kappa shape index (κ1) is 30.3. The Morgan fingerprint density at radius 3 is 2.36 bits per heavy atom. The van der Waals surface area contributed by atoms with Crippen LogP contribution in [-0.4, -0.2) is 45.9 Å². The van der Waals surface area contributed by atoms with Gasteiger partial charge in [0.15, 0.2) is 5.78 Å². The number of carbonyl (C=O) groups is 2. The molecule has 2 aromatic carbocycles. The maximum Gasteiger partial charge on any atom is 0.456 e. The van der Waals surface area contributed by atoms with Gasteiger partial charge in [0.05, 0.1) is 0 Å². The zero-order valence-corrected chi connectivity index (χ0v) is 25.1. The van der Waals surface area contributed by atoms with Crippen LogP contribution in [0.4, 0.5) is 22.0 Å². The Kier molecular flexibility index (Phi) is 6.97. The Morgan fingerprint density at radius 1 is 0.933 bits per heavy atom. The van der Waals surface area contributed by atoms with Crippen LogP contribution in [-0.2, 0) is 17.8 Å². The lowest BCUT2D eigenvalue weighted by atomic mass is 9.50. The van der Waals surface area contributed by atoms with Gasteiger partial charge in [-0.2, -0.15) is 22.0 Å². The number of rotatable bonds is 3. The summed E-state index contributed by atoms with van der Waals surface area (Å²) in [5.41, 5.74) is 1.49. The second-order valence-corrected chi connectivity index (χ2v) is 13.8. The van der Waals surface area contributed by atoms with Crippen LogP contribution in [0.5, 0.6) is 0 Å². The van der Waals surface area contributed by atoms with Crippen LogP contribution in [0, 0.1) is 17.3 Å². The first-order chi connectivity index (χ1) is 21.2. The maximum atomic E-state index is 15.2. The molecular weight excluding hydrogens is 589 g/mol. The minimum atomic E-state index is -5.89. The topological polar surface area (TPSA) is 57.6 Å². The monoisotopic (exact) mass is 625 g/mol. The molecule has 0 spiro atoms.